The minimum Gasteiger partial charge on any atom is -0.325 e. The van der Waals surface area contributed by atoms with Crippen LogP contribution >= 0.6 is 0 Å². The van der Waals surface area contributed by atoms with Crippen LogP contribution in [0.3, 0.4) is 0 Å². The number of rotatable bonds is 9. The van der Waals surface area contributed by atoms with Crippen molar-refractivity contribution in [1.29, 1.82) is 0 Å². The molecule has 4 rings (SSSR count). The third kappa shape index (κ3) is 6.95. The number of para-hydroxylation sites is 1. The molecule has 1 N–H and O–H groups in total. The van der Waals surface area contributed by atoms with Crippen LogP contribution in [0, 0.1) is 5.41 Å². The van der Waals surface area contributed by atoms with Gasteiger partial charge in [-0.2, -0.15) is 0 Å². The maximum absolute atomic E-state index is 13.4. The molecular formula is C35H35NO2. The Balaban J connectivity index is 1.79. The van der Waals surface area contributed by atoms with Gasteiger partial charge in [0.2, 0.25) is 5.91 Å². The Morgan fingerprint density at radius 3 is 1.84 bits per heavy atom. The van der Waals surface area contributed by atoms with Gasteiger partial charge in [0, 0.05) is 29.4 Å². The van der Waals surface area contributed by atoms with Crippen LogP contribution in [0.1, 0.15) is 61.3 Å². The Hall–Kier alpha value is -4.24. The topological polar surface area (TPSA) is 46.2 Å². The summed E-state index contributed by atoms with van der Waals surface area (Å²) in [4.78, 5) is 26.4. The molecule has 4 aromatic rings. The highest BCUT2D eigenvalue weighted by Crippen LogP contribution is 2.43. The van der Waals surface area contributed by atoms with Crippen LogP contribution in [0.2, 0.25) is 0 Å². The van der Waals surface area contributed by atoms with E-state index in [1.54, 1.807) is 6.08 Å². The zero-order valence-electron chi connectivity index (χ0n) is 22.3. The first-order valence-corrected chi connectivity index (χ1v) is 13.1. The number of amides is 1. The number of ketones is 1. The quantitative estimate of drug-likeness (QED) is 0.235. The second-order valence-electron chi connectivity index (χ2n) is 10.6. The Morgan fingerprint density at radius 1 is 0.711 bits per heavy atom. The lowest BCUT2D eigenvalue weighted by atomic mass is 9.74. The molecule has 0 aromatic heterocycles. The van der Waals surface area contributed by atoms with E-state index in [2.05, 4.69) is 35.6 Å². The number of allylic oxidation sites excluding steroid dienone is 1. The number of carbonyl (C=O) groups excluding carboxylic acids is 2. The van der Waals surface area contributed by atoms with Crippen LogP contribution in [-0.2, 0) is 9.59 Å². The van der Waals surface area contributed by atoms with Gasteiger partial charge in [0.15, 0.2) is 5.78 Å². The molecule has 2 atom stereocenters. The van der Waals surface area contributed by atoms with Crippen molar-refractivity contribution < 1.29 is 9.59 Å². The lowest BCUT2D eigenvalue weighted by Gasteiger charge is -2.30. The molecule has 1 amide bonds. The standard InChI is InChI=1S/C35H35NO2/c1-35(2,3)34(38)36-32-22-14-13-21-30(32)33(28-19-11-6-12-20-28)31(27-17-9-5-10-18-27)25-29(37)24-23-26-15-7-4-8-16-26/h4-24,31,33H,25H2,1-3H3,(H,36,38)/b24-23+/t31-,33-/m0/s1. The van der Waals surface area contributed by atoms with Crippen molar-refractivity contribution in [1.82, 2.24) is 0 Å². The third-order valence-corrected chi connectivity index (χ3v) is 6.70. The number of anilines is 1. The van der Waals surface area contributed by atoms with Gasteiger partial charge >= 0.3 is 0 Å². The minimum atomic E-state index is -0.535. The zero-order chi connectivity index (χ0) is 27.0. The summed E-state index contributed by atoms with van der Waals surface area (Å²) in [5.41, 5.74) is 4.40. The van der Waals surface area contributed by atoms with E-state index in [4.69, 9.17) is 0 Å². The summed E-state index contributed by atoms with van der Waals surface area (Å²) in [5.74, 6) is -0.280. The highest BCUT2D eigenvalue weighted by atomic mass is 16.2. The average Bonchev–Trinajstić information content (AvgIpc) is 2.93. The first-order chi connectivity index (χ1) is 18.3. The average molecular weight is 502 g/mol. The van der Waals surface area contributed by atoms with Gasteiger partial charge < -0.3 is 5.32 Å². The zero-order valence-corrected chi connectivity index (χ0v) is 22.3. The van der Waals surface area contributed by atoms with Crippen molar-refractivity contribution in [3.63, 3.8) is 0 Å². The van der Waals surface area contributed by atoms with Gasteiger partial charge in [0.1, 0.15) is 0 Å². The van der Waals surface area contributed by atoms with E-state index in [-0.39, 0.29) is 23.5 Å². The van der Waals surface area contributed by atoms with Crippen LogP contribution in [0.25, 0.3) is 6.08 Å². The molecule has 0 aliphatic heterocycles. The number of benzene rings is 4. The fourth-order valence-electron chi connectivity index (χ4n) is 4.65. The molecule has 192 valence electrons. The van der Waals surface area contributed by atoms with Gasteiger partial charge in [-0.05, 0) is 34.4 Å². The number of carbonyl (C=O) groups is 2. The number of hydrogen-bond donors (Lipinski definition) is 1. The van der Waals surface area contributed by atoms with E-state index in [0.29, 0.717) is 6.42 Å². The molecule has 3 heteroatoms. The molecule has 0 aliphatic carbocycles. The molecule has 0 fully saturated rings. The molecule has 3 nitrogen and oxygen atoms in total. The fraction of sp³-hybridized carbons (Fsp3) is 0.200. The number of hydrogen-bond acceptors (Lipinski definition) is 2. The summed E-state index contributed by atoms with van der Waals surface area (Å²) >= 11 is 0. The lowest BCUT2D eigenvalue weighted by molar-refractivity contribution is -0.123. The molecule has 4 aromatic carbocycles. The van der Waals surface area contributed by atoms with Gasteiger partial charge in [0.25, 0.3) is 0 Å². The summed E-state index contributed by atoms with van der Waals surface area (Å²) in [6, 6.07) is 38.3. The SMILES string of the molecule is CC(C)(C)C(=O)Nc1ccccc1[C@H](c1ccccc1)[C@@H](CC(=O)/C=C/c1ccccc1)c1ccccc1. The summed E-state index contributed by atoms with van der Waals surface area (Å²) in [6.07, 6.45) is 3.88. The third-order valence-electron chi connectivity index (χ3n) is 6.70. The van der Waals surface area contributed by atoms with Crippen LogP contribution < -0.4 is 5.32 Å². The van der Waals surface area contributed by atoms with E-state index in [0.717, 1.165) is 27.9 Å². The van der Waals surface area contributed by atoms with Crippen molar-refractivity contribution in [3.8, 4) is 0 Å². The second-order valence-corrected chi connectivity index (χ2v) is 10.6. The first-order valence-electron chi connectivity index (χ1n) is 13.1. The Labute approximate surface area is 226 Å². The predicted octanol–water partition coefficient (Wildman–Crippen LogP) is 8.26. The van der Waals surface area contributed by atoms with Crippen molar-refractivity contribution in [3.05, 3.63) is 144 Å². The van der Waals surface area contributed by atoms with Crippen LogP contribution in [0.5, 0.6) is 0 Å². The van der Waals surface area contributed by atoms with Crippen molar-refractivity contribution >= 4 is 23.5 Å². The largest absolute Gasteiger partial charge is 0.325 e. The Bertz CT molecular complexity index is 1370. The molecule has 0 heterocycles. The maximum atomic E-state index is 13.4. The predicted molar refractivity (Wildman–Crippen MR) is 157 cm³/mol. The molecule has 38 heavy (non-hydrogen) atoms. The summed E-state index contributed by atoms with van der Waals surface area (Å²) in [6.45, 7) is 5.72. The molecule has 0 saturated heterocycles. The van der Waals surface area contributed by atoms with E-state index >= 15 is 0 Å². The van der Waals surface area contributed by atoms with Crippen LogP contribution in [0.15, 0.2) is 121 Å². The summed E-state index contributed by atoms with van der Waals surface area (Å²) in [5, 5.41) is 3.17. The Kier molecular flexibility index (Phi) is 8.70. The van der Waals surface area contributed by atoms with Gasteiger partial charge in [-0.15, -0.1) is 0 Å². The second kappa shape index (κ2) is 12.3. The monoisotopic (exact) mass is 501 g/mol. The van der Waals surface area contributed by atoms with E-state index in [1.807, 2.05) is 112 Å². The van der Waals surface area contributed by atoms with E-state index in [1.165, 1.54) is 0 Å². The molecule has 0 spiro atoms. The summed E-state index contributed by atoms with van der Waals surface area (Å²) < 4.78 is 0. The molecule has 0 radical (unpaired) electrons. The molecule has 0 saturated carbocycles. The maximum Gasteiger partial charge on any atom is 0.229 e. The lowest BCUT2D eigenvalue weighted by Crippen LogP contribution is -2.28. The van der Waals surface area contributed by atoms with Gasteiger partial charge in [-0.25, -0.2) is 0 Å². The minimum absolute atomic E-state index is 0.0464. The van der Waals surface area contributed by atoms with Crippen molar-refractivity contribution in [2.24, 2.45) is 5.41 Å². The van der Waals surface area contributed by atoms with Gasteiger partial charge in [-0.1, -0.05) is 136 Å². The van der Waals surface area contributed by atoms with Gasteiger partial charge in [0.05, 0.1) is 0 Å². The van der Waals surface area contributed by atoms with Crippen molar-refractivity contribution in [2.45, 2.75) is 39.0 Å². The molecular weight excluding hydrogens is 466 g/mol. The van der Waals surface area contributed by atoms with Gasteiger partial charge in [-0.3, -0.25) is 9.59 Å². The van der Waals surface area contributed by atoms with Crippen LogP contribution in [-0.4, -0.2) is 11.7 Å². The van der Waals surface area contributed by atoms with Crippen molar-refractivity contribution in [2.75, 3.05) is 5.32 Å². The fourth-order valence-corrected chi connectivity index (χ4v) is 4.65. The van der Waals surface area contributed by atoms with E-state index < -0.39 is 5.41 Å². The molecule has 0 aliphatic rings. The van der Waals surface area contributed by atoms with Crippen LogP contribution in [0.4, 0.5) is 5.69 Å². The Morgan fingerprint density at radius 2 is 1.24 bits per heavy atom. The highest BCUT2D eigenvalue weighted by molar-refractivity contribution is 5.96. The summed E-state index contributed by atoms with van der Waals surface area (Å²) in [7, 11) is 0. The number of nitrogens with one attached hydrogen (secondary N) is 1. The normalized spacial score (nSPS) is 13.1. The first kappa shape index (κ1) is 26.8. The highest BCUT2D eigenvalue weighted by Gasteiger charge is 2.31. The molecule has 0 unspecified atom stereocenters. The smallest absolute Gasteiger partial charge is 0.229 e. The van der Waals surface area contributed by atoms with E-state index in [9.17, 15) is 9.59 Å². The molecule has 0 bridgehead atoms.